The molecule has 0 fully saturated rings. The first-order chi connectivity index (χ1) is 13.5. The Kier molecular flexibility index (Phi) is 4.29. The molecule has 0 amide bonds. The number of nitro groups is 1. The van der Waals surface area contributed by atoms with Crippen LogP contribution in [0.4, 0.5) is 15.8 Å². The predicted molar refractivity (Wildman–Crippen MR) is 101 cm³/mol. The third-order valence-corrected chi connectivity index (χ3v) is 4.07. The molecule has 0 spiro atoms. The zero-order chi connectivity index (χ0) is 19.7. The van der Waals surface area contributed by atoms with Crippen LogP contribution in [0.1, 0.15) is 5.56 Å². The molecule has 0 bridgehead atoms. The minimum atomic E-state index is -0.668. The molecule has 138 valence electrons. The first-order valence-electron chi connectivity index (χ1n) is 8.19. The van der Waals surface area contributed by atoms with Crippen LogP contribution in [0, 0.1) is 15.9 Å². The van der Waals surface area contributed by atoms with Crippen molar-refractivity contribution in [1.82, 2.24) is 4.98 Å². The Morgan fingerprint density at radius 3 is 2.75 bits per heavy atom. The van der Waals surface area contributed by atoms with E-state index in [0.717, 1.165) is 0 Å². The molecule has 1 N–H and O–H groups in total. The fourth-order valence-electron chi connectivity index (χ4n) is 2.69. The van der Waals surface area contributed by atoms with Crippen molar-refractivity contribution in [3.05, 3.63) is 82.2 Å². The summed E-state index contributed by atoms with van der Waals surface area (Å²) in [7, 11) is 0. The van der Waals surface area contributed by atoms with Gasteiger partial charge in [0.25, 0.3) is 0 Å². The average Bonchev–Trinajstić information content (AvgIpc) is 3.10. The summed E-state index contributed by atoms with van der Waals surface area (Å²) in [6.07, 6.45) is 1.32. The molecule has 1 aromatic heterocycles. The molecule has 0 radical (unpaired) electrons. The Balaban J connectivity index is 1.68. The molecule has 8 heteroatoms. The summed E-state index contributed by atoms with van der Waals surface area (Å²) in [6, 6.07) is 15.3. The first kappa shape index (κ1) is 17.3. The fraction of sp³-hybridized carbons (Fsp3) is 0. The largest absolute Gasteiger partial charge is 0.502 e. The second-order valence-electron chi connectivity index (χ2n) is 5.88. The SMILES string of the molecule is O=[N+]([O-])c1cccc(C=Nc2ccc3oc(-c4ccccc4F)nc3c2)c1O. The van der Waals surface area contributed by atoms with Gasteiger partial charge in [0.15, 0.2) is 5.58 Å². The van der Waals surface area contributed by atoms with Gasteiger partial charge in [-0.3, -0.25) is 15.1 Å². The van der Waals surface area contributed by atoms with Crippen LogP contribution in [-0.4, -0.2) is 21.2 Å². The van der Waals surface area contributed by atoms with E-state index in [0.29, 0.717) is 16.8 Å². The van der Waals surface area contributed by atoms with Crippen molar-refractivity contribution in [2.75, 3.05) is 0 Å². The molecule has 0 saturated carbocycles. The molecule has 0 aliphatic heterocycles. The van der Waals surface area contributed by atoms with Gasteiger partial charge in [-0.15, -0.1) is 0 Å². The molecule has 4 aromatic rings. The van der Waals surface area contributed by atoms with Crippen LogP contribution in [0.15, 0.2) is 70.1 Å². The van der Waals surface area contributed by atoms with E-state index in [-0.39, 0.29) is 17.0 Å². The van der Waals surface area contributed by atoms with Gasteiger partial charge in [-0.2, -0.15) is 0 Å². The van der Waals surface area contributed by atoms with Crippen LogP contribution in [0.5, 0.6) is 5.75 Å². The highest BCUT2D eigenvalue weighted by Crippen LogP contribution is 2.30. The number of nitrogens with zero attached hydrogens (tertiary/aromatic N) is 3. The van der Waals surface area contributed by atoms with E-state index >= 15 is 0 Å². The Morgan fingerprint density at radius 1 is 1.14 bits per heavy atom. The maximum atomic E-state index is 13.9. The number of aromatic nitrogens is 1. The number of halogens is 1. The summed E-state index contributed by atoms with van der Waals surface area (Å²) in [6.45, 7) is 0. The molecule has 7 nitrogen and oxygen atoms in total. The minimum Gasteiger partial charge on any atom is -0.502 e. The van der Waals surface area contributed by atoms with Gasteiger partial charge >= 0.3 is 5.69 Å². The maximum Gasteiger partial charge on any atom is 0.311 e. The summed E-state index contributed by atoms with van der Waals surface area (Å²) in [4.78, 5) is 18.7. The molecular formula is C20H12FN3O4. The molecule has 3 aromatic carbocycles. The maximum absolute atomic E-state index is 13.9. The van der Waals surface area contributed by atoms with Crippen molar-refractivity contribution in [2.45, 2.75) is 0 Å². The van der Waals surface area contributed by atoms with Crippen LogP contribution < -0.4 is 0 Å². The van der Waals surface area contributed by atoms with E-state index in [9.17, 15) is 19.6 Å². The number of fused-ring (bicyclic) bond motifs is 1. The third-order valence-electron chi connectivity index (χ3n) is 4.07. The van der Waals surface area contributed by atoms with E-state index < -0.39 is 22.2 Å². The van der Waals surface area contributed by atoms with Gasteiger partial charge in [0.05, 0.1) is 16.2 Å². The molecule has 0 atom stereocenters. The first-order valence-corrected chi connectivity index (χ1v) is 8.19. The average molecular weight is 377 g/mol. The lowest BCUT2D eigenvalue weighted by Crippen LogP contribution is -1.91. The molecule has 0 aliphatic carbocycles. The quantitative estimate of drug-likeness (QED) is 0.306. The van der Waals surface area contributed by atoms with Crippen molar-refractivity contribution in [3.8, 4) is 17.2 Å². The van der Waals surface area contributed by atoms with Gasteiger partial charge in [-0.05, 0) is 36.4 Å². The van der Waals surface area contributed by atoms with Crippen LogP contribution >= 0.6 is 0 Å². The zero-order valence-electron chi connectivity index (χ0n) is 14.2. The molecular weight excluding hydrogens is 365 g/mol. The van der Waals surface area contributed by atoms with Gasteiger partial charge in [0.1, 0.15) is 11.3 Å². The Morgan fingerprint density at radius 2 is 1.96 bits per heavy atom. The number of hydrogen-bond donors (Lipinski definition) is 1. The molecule has 28 heavy (non-hydrogen) atoms. The smallest absolute Gasteiger partial charge is 0.311 e. The number of para-hydroxylation sites is 1. The topological polar surface area (TPSA) is 102 Å². The van der Waals surface area contributed by atoms with E-state index in [1.165, 1.54) is 30.5 Å². The minimum absolute atomic E-state index is 0.158. The fourth-order valence-corrected chi connectivity index (χ4v) is 2.69. The Bertz CT molecular complexity index is 1230. The number of phenols is 1. The third kappa shape index (κ3) is 3.18. The van der Waals surface area contributed by atoms with Crippen molar-refractivity contribution in [2.24, 2.45) is 4.99 Å². The van der Waals surface area contributed by atoms with Crippen molar-refractivity contribution in [3.63, 3.8) is 0 Å². The number of hydrogen-bond acceptors (Lipinski definition) is 6. The standard InChI is InChI=1S/C20H12FN3O4/c21-15-6-2-1-5-14(15)20-23-16-10-13(8-9-18(16)28-20)22-11-12-4-3-7-17(19(12)25)24(26)27/h1-11,25H. The number of phenolic OH excluding ortho intramolecular Hbond substituents is 1. The number of nitro benzene ring substituents is 1. The van der Waals surface area contributed by atoms with E-state index in [4.69, 9.17) is 4.42 Å². The lowest BCUT2D eigenvalue weighted by atomic mass is 10.2. The predicted octanol–water partition coefficient (Wildman–Crippen LogP) is 5.00. The monoisotopic (exact) mass is 377 g/mol. The van der Waals surface area contributed by atoms with Crippen LogP contribution in [0.25, 0.3) is 22.6 Å². The Labute approximate surface area is 157 Å². The number of oxazole rings is 1. The van der Waals surface area contributed by atoms with Gasteiger partial charge in [0.2, 0.25) is 11.6 Å². The van der Waals surface area contributed by atoms with Crippen LogP contribution in [-0.2, 0) is 0 Å². The second kappa shape index (κ2) is 6.92. The van der Waals surface area contributed by atoms with Gasteiger partial charge in [0, 0.05) is 17.8 Å². The lowest BCUT2D eigenvalue weighted by Gasteiger charge is -1.99. The summed E-state index contributed by atoms with van der Waals surface area (Å²) < 4.78 is 19.5. The number of rotatable bonds is 4. The summed E-state index contributed by atoms with van der Waals surface area (Å²) >= 11 is 0. The number of benzene rings is 3. The molecule has 0 unspecified atom stereocenters. The Hall–Kier alpha value is -4.07. The van der Waals surface area contributed by atoms with E-state index in [1.807, 2.05) is 0 Å². The highest BCUT2D eigenvalue weighted by Gasteiger charge is 2.15. The highest BCUT2D eigenvalue weighted by atomic mass is 19.1. The van der Waals surface area contributed by atoms with Crippen molar-refractivity contribution in [1.29, 1.82) is 0 Å². The number of aliphatic imine (C=N–C) groups is 1. The molecule has 0 aliphatic rings. The molecule has 4 rings (SSSR count). The zero-order valence-corrected chi connectivity index (χ0v) is 14.2. The van der Waals surface area contributed by atoms with E-state index in [2.05, 4.69) is 9.98 Å². The van der Waals surface area contributed by atoms with Gasteiger partial charge in [-0.25, -0.2) is 9.37 Å². The van der Waals surface area contributed by atoms with Gasteiger partial charge < -0.3 is 9.52 Å². The van der Waals surface area contributed by atoms with E-state index in [1.54, 1.807) is 36.4 Å². The van der Waals surface area contributed by atoms with Crippen LogP contribution in [0.3, 0.4) is 0 Å². The summed E-state index contributed by atoms with van der Waals surface area (Å²) in [5.41, 5.74) is 1.51. The highest BCUT2D eigenvalue weighted by molar-refractivity contribution is 5.88. The second-order valence-corrected chi connectivity index (χ2v) is 5.88. The molecule has 0 saturated heterocycles. The summed E-state index contributed by atoms with van der Waals surface area (Å²) in [5, 5.41) is 20.9. The van der Waals surface area contributed by atoms with Crippen molar-refractivity contribution >= 4 is 28.7 Å². The lowest BCUT2D eigenvalue weighted by molar-refractivity contribution is -0.385. The normalized spacial score (nSPS) is 11.3. The summed E-state index contributed by atoms with van der Waals surface area (Å²) in [5.74, 6) is -0.736. The molecule has 1 heterocycles. The van der Waals surface area contributed by atoms with Crippen LogP contribution in [0.2, 0.25) is 0 Å². The van der Waals surface area contributed by atoms with Crippen molar-refractivity contribution < 1.29 is 18.8 Å². The number of aromatic hydroxyl groups is 1. The van der Waals surface area contributed by atoms with Gasteiger partial charge in [-0.1, -0.05) is 18.2 Å².